The normalized spacial score (nSPS) is 27.9. The van der Waals surface area contributed by atoms with Crippen LogP contribution in [0.4, 0.5) is 10.6 Å². The number of aliphatic hydroxyl groups is 2. The van der Waals surface area contributed by atoms with E-state index in [1.165, 1.54) is 10.9 Å². The monoisotopic (exact) mass is 582 g/mol. The second-order valence-corrected chi connectivity index (χ2v) is 11.3. The summed E-state index contributed by atoms with van der Waals surface area (Å²) in [6.07, 6.45) is 0.866. The average Bonchev–Trinajstić information content (AvgIpc) is 3.39. The van der Waals surface area contributed by atoms with E-state index in [1.807, 2.05) is 0 Å². The Bertz CT molecular complexity index is 1420. The highest BCUT2D eigenvalue weighted by Gasteiger charge is 2.48. The van der Waals surface area contributed by atoms with Gasteiger partial charge in [-0.15, -0.1) is 0 Å². The van der Waals surface area contributed by atoms with Crippen molar-refractivity contribution in [2.75, 3.05) is 25.4 Å². The molecule has 42 heavy (non-hydrogen) atoms. The Morgan fingerprint density at radius 3 is 2.67 bits per heavy atom. The van der Waals surface area contributed by atoms with Gasteiger partial charge < -0.3 is 41.0 Å². The van der Waals surface area contributed by atoms with Gasteiger partial charge in [0.15, 0.2) is 23.8 Å². The van der Waals surface area contributed by atoms with E-state index in [9.17, 15) is 24.6 Å². The van der Waals surface area contributed by atoms with Crippen molar-refractivity contribution in [1.82, 2.24) is 35.1 Å². The number of hydrogen-bond donors (Lipinski definition) is 5. The molecule has 5 atom stereocenters. The molecule has 15 nitrogen and oxygen atoms in total. The second kappa shape index (κ2) is 11.7. The zero-order chi connectivity index (χ0) is 29.4. The molecule has 0 radical (unpaired) electrons. The van der Waals surface area contributed by atoms with E-state index in [0.29, 0.717) is 32.4 Å². The summed E-state index contributed by atoms with van der Waals surface area (Å²) in [6.45, 7) is 1.31. The van der Waals surface area contributed by atoms with Gasteiger partial charge in [0, 0.05) is 32.0 Å². The molecule has 0 aromatic carbocycles. The summed E-state index contributed by atoms with van der Waals surface area (Å²) in [5, 5.41) is 26.7. The highest BCUT2D eigenvalue weighted by molar-refractivity contribution is 5.83. The number of rotatable bonds is 6. The zero-order valence-electron chi connectivity index (χ0n) is 22.9. The summed E-state index contributed by atoms with van der Waals surface area (Å²) in [5.41, 5.74) is 6.66. The number of ether oxygens (including phenoxy) is 2. The van der Waals surface area contributed by atoms with Crippen molar-refractivity contribution < 1.29 is 34.1 Å². The van der Waals surface area contributed by atoms with Crippen LogP contribution >= 0.6 is 0 Å². The number of carbonyl (C=O) groups is 3. The first-order chi connectivity index (χ1) is 20.3. The number of carbonyl (C=O) groups excluding carboxylic acids is 3. The van der Waals surface area contributed by atoms with Crippen LogP contribution in [-0.4, -0.2) is 103 Å². The molecular weight excluding hydrogens is 548 g/mol. The smallest absolute Gasteiger partial charge is 0.409 e. The Balaban J connectivity index is 1.05. The lowest BCUT2D eigenvalue weighted by Gasteiger charge is -2.30. The molecule has 2 aromatic heterocycles. The highest BCUT2D eigenvalue weighted by atomic mass is 16.6. The van der Waals surface area contributed by atoms with Gasteiger partial charge in [-0.3, -0.25) is 14.2 Å². The molecule has 6 rings (SSSR count). The fourth-order valence-electron chi connectivity index (χ4n) is 5.46. The van der Waals surface area contributed by atoms with Crippen LogP contribution < -0.4 is 16.4 Å². The third-order valence-electron chi connectivity index (χ3n) is 8.10. The van der Waals surface area contributed by atoms with Crippen LogP contribution in [0.1, 0.15) is 57.0 Å². The lowest BCUT2D eigenvalue weighted by molar-refractivity contribution is -0.137. The number of nitrogens with one attached hydrogen (secondary N) is 2. The van der Waals surface area contributed by atoms with E-state index >= 15 is 0 Å². The van der Waals surface area contributed by atoms with Crippen LogP contribution in [0, 0.1) is 17.8 Å². The van der Waals surface area contributed by atoms with Crippen molar-refractivity contribution in [2.45, 2.75) is 81.6 Å². The molecule has 15 heteroatoms. The Hall–Kier alpha value is -4.00. The molecule has 5 heterocycles. The summed E-state index contributed by atoms with van der Waals surface area (Å²) in [4.78, 5) is 50.8. The Kier molecular flexibility index (Phi) is 7.84. The van der Waals surface area contributed by atoms with E-state index in [1.54, 1.807) is 4.90 Å². The van der Waals surface area contributed by atoms with Crippen LogP contribution in [0.2, 0.25) is 0 Å². The van der Waals surface area contributed by atoms with Crippen LogP contribution in [0.25, 0.3) is 11.2 Å². The van der Waals surface area contributed by atoms with Gasteiger partial charge in [-0.25, -0.2) is 19.7 Å². The van der Waals surface area contributed by atoms with E-state index in [4.69, 9.17) is 15.2 Å². The summed E-state index contributed by atoms with van der Waals surface area (Å²) in [6, 6.07) is -0.0320. The number of aromatic nitrogens is 4. The van der Waals surface area contributed by atoms with Gasteiger partial charge >= 0.3 is 6.09 Å². The molecule has 224 valence electrons. The third-order valence-corrected chi connectivity index (χ3v) is 8.10. The molecule has 4 fully saturated rings. The number of hydrogen-bond acceptors (Lipinski definition) is 11. The quantitative estimate of drug-likeness (QED) is 0.266. The first-order valence-corrected chi connectivity index (χ1v) is 14.3. The number of nitrogen functional groups attached to an aromatic ring is 1. The Morgan fingerprint density at radius 1 is 1.17 bits per heavy atom. The van der Waals surface area contributed by atoms with Gasteiger partial charge in [0.2, 0.25) is 11.7 Å². The van der Waals surface area contributed by atoms with Gasteiger partial charge in [-0.05, 0) is 43.9 Å². The largest absolute Gasteiger partial charge is 0.447 e. The Morgan fingerprint density at radius 2 is 1.95 bits per heavy atom. The summed E-state index contributed by atoms with van der Waals surface area (Å²) >= 11 is 0. The summed E-state index contributed by atoms with van der Waals surface area (Å²) in [5.74, 6) is 6.12. The van der Waals surface area contributed by atoms with Gasteiger partial charge in [0.1, 0.15) is 24.3 Å². The maximum atomic E-state index is 12.5. The highest BCUT2D eigenvalue weighted by Crippen LogP contribution is 2.33. The van der Waals surface area contributed by atoms with E-state index in [2.05, 4.69) is 37.4 Å². The molecule has 3 amide bonds. The Labute approximate surface area is 241 Å². The number of nitrogens with two attached hydrogens (primary N) is 1. The molecule has 1 saturated carbocycles. The van der Waals surface area contributed by atoms with E-state index in [-0.39, 0.29) is 59.4 Å². The fraction of sp³-hybridized carbons (Fsp3) is 0.630. The van der Waals surface area contributed by atoms with Crippen LogP contribution in [0.3, 0.4) is 0 Å². The SMILES string of the molecule is Nc1nc(C#CCC2CCN(C(=O)OCC3CCC(=O)N3)CC2)nc2c1ncn2[C@@H]1O[C@H](C(=O)NC2CC2)C(O)[C@@H]1O. The molecule has 0 spiro atoms. The van der Waals surface area contributed by atoms with Gasteiger partial charge in [0.05, 0.1) is 12.4 Å². The number of piperidine rings is 1. The van der Waals surface area contributed by atoms with Crippen molar-refractivity contribution in [3.8, 4) is 11.8 Å². The predicted molar refractivity (Wildman–Crippen MR) is 145 cm³/mol. The first kappa shape index (κ1) is 28.1. The van der Waals surface area contributed by atoms with E-state index < -0.39 is 30.4 Å². The minimum absolute atomic E-state index is 0.0129. The van der Waals surface area contributed by atoms with Crippen molar-refractivity contribution >= 4 is 34.9 Å². The second-order valence-electron chi connectivity index (χ2n) is 11.3. The van der Waals surface area contributed by atoms with Crippen molar-refractivity contribution in [3.05, 3.63) is 12.2 Å². The average molecular weight is 583 g/mol. The molecule has 2 unspecified atom stereocenters. The standard InChI is InChI=1S/C27H34N8O7/c28-23-19-24(35(13-29-19)26-21(38)20(37)22(42-26)25(39)31-15-4-5-15)33-17(32-23)3-1-2-14-8-10-34(11-9-14)27(40)41-12-16-6-7-18(36)30-16/h13-16,20-22,26,37-38H,2,4-12H2,(H,30,36)(H,31,39)(H2,28,32,33)/t16?,20?,21-,22-,26+/m0/s1. The number of amides is 3. The summed E-state index contributed by atoms with van der Waals surface area (Å²) in [7, 11) is 0. The first-order valence-electron chi connectivity index (χ1n) is 14.3. The molecule has 1 aliphatic carbocycles. The lowest BCUT2D eigenvalue weighted by atomic mass is 9.94. The van der Waals surface area contributed by atoms with Crippen molar-refractivity contribution in [1.29, 1.82) is 0 Å². The molecule has 3 saturated heterocycles. The number of fused-ring (bicyclic) bond motifs is 1. The molecule has 6 N–H and O–H groups in total. The van der Waals surface area contributed by atoms with Crippen LogP contribution in [-0.2, 0) is 19.1 Å². The van der Waals surface area contributed by atoms with Gasteiger partial charge in [0.25, 0.3) is 5.91 Å². The minimum atomic E-state index is -1.42. The predicted octanol–water partition coefficient (Wildman–Crippen LogP) is -0.825. The molecule has 2 aromatic rings. The molecular formula is C27H34N8O7. The van der Waals surface area contributed by atoms with Gasteiger partial charge in [-0.2, -0.15) is 0 Å². The maximum absolute atomic E-state index is 12.5. The summed E-state index contributed by atoms with van der Waals surface area (Å²) < 4.78 is 12.6. The van der Waals surface area contributed by atoms with E-state index in [0.717, 1.165) is 25.7 Å². The van der Waals surface area contributed by atoms with Gasteiger partial charge in [-0.1, -0.05) is 5.92 Å². The number of aliphatic hydroxyl groups excluding tert-OH is 2. The topological polar surface area (TPSA) is 207 Å². The van der Waals surface area contributed by atoms with Crippen molar-refractivity contribution in [3.63, 3.8) is 0 Å². The molecule has 0 bridgehead atoms. The molecule has 3 aliphatic heterocycles. The number of likely N-dealkylation sites (tertiary alicyclic amines) is 1. The fourth-order valence-corrected chi connectivity index (χ4v) is 5.46. The number of imidazole rings is 1. The maximum Gasteiger partial charge on any atom is 0.409 e. The number of nitrogens with zero attached hydrogens (tertiary/aromatic N) is 5. The number of anilines is 1. The minimum Gasteiger partial charge on any atom is -0.447 e. The third kappa shape index (κ3) is 5.96. The zero-order valence-corrected chi connectivity index (χ0v) is 22.9. The van der Waals surface area contributed by atoms with Crippen LogP contribution in [0.15, 0.2) is 6.33 Å². The lowest BCUT2D eigenvalue weighted by Crippen LogP contribution is -2.43. The van der Waals surface area contributed by atoms with Crippen molar-refractivity contribution in [2.24, 2.45) is 5.92 Å². The van der Waals surface area contributed by atoms with Crippen LogP contribution in [0.5, 0.6) is 0 Å². The molecule has 4 aliphatic rings.